The van der Waals surface area contributed by atoms with E-state index in [-0.39, 0.29) is 5.54 Å². The summed E-state index contributed by atoms with van der Waals surface area (Å²) in [5.74, 6) is 1.37. The molecular weight excluding hydrogens is 222 g/mol. The van der Waals surface area contributed by atoms with Gasteiger partial charge in [-0.15, -0.1) is 6.58 Å². The summed E-state index contributed by atoms with van der Waals surface area (Å²) in [6.45, 7) is 12.6. The van der Waals surface area contributed by atoms with Crippen LogP contribution in [0.25, 0.3) is 0 Å². The molecule has 2 N–H and O–H groups in total. The van der Waals surface area contributed by atoms with Crippen LogP contribution in [-0.4, -0.2) is 29.5 Å². The molecule has 102 valence electrons. The van der Waals surface area contributed by atoms with Crippen molar-refractivity contribution in [2.45, 2.75) is 52.0 Å². The molecule has 2 atom stereocenters. The fraction of sp³-hybridized carbons (Fsp3) is 0.800. The van der Waals surface area contributed by atoms with Crippen LogP contribution in [0.2, 0.25) is 0 Å². The van der Waals surface area contributed by atoms with Gasteiger partial charge in [0.2, 0.25) is 0 Å². The maximum absolute atomic E-state index is 6.10. The van der Waals surface area contributed by atoms with Crippen molar-refractivity contribution in [1.29, 1.82) is 0 Å². The largest absolute Gasteiger partial charge is 0.370 e. The maximum atomic E-state index is 6.10. The average Bonchev–Trinajstić information content (AvgIpc) is 2.59. The van der Waals surface area contributed by atoms with E-state index in [4.69, 9.17) is 5.73 Å². The van der Waals surface area contributed by atoms with Gasteiger partial charge in [-0.2, -0.15) is 0 Å². The first kappa shape index (κ1) is 13.4. The van der Waals surface area contributed by atoms with E-state index in [0.717, 1.165) is 13.1 Å². The summed E-state index contributed by atoms with van der Waals surface area (Å²) in [5.41, 5.74) is 6.56. The van der Waals surface area contributed by atoms with Gasteiger partial charge in [-0.25, -0.2) is 0 Å². The van der Waals surface area contributed by atoms with Crippen molar-refractivity contribution >= 4 is 5.96 Å². The highest BCUT2D eigenvalue weighted by atomic mass is 15.4. The van der Waals surface area contributed by atoms with Gasteiger partial charge in [0.1, 0.15) is 0 Å². The second kappa shape index (κ2) is 4.60. The van der Waals surface area contributed by atoms with Crippen molar-refractivity contribution in [3.05, 3.63) is 12.7 Å². The van der Waals surface area contributed by atoms with E-state index in [2.05, 4.69) is 37.2 Å². The second-order valence-corrected chi connectivity index (χ2v) is 6.84. The number of hydrogen-bond acceptors (Lipinski definition) is 3. The van der Waals surface area contributed by atoms with Crippen LogP contribution < -0.4 is 5.73 Å². The normalized spacial score (nSPS) is 32.7. The van der Waals surface area contributed by atoms with E-state index in [1.54, 1.807) is 0 Å². The molecule has 1 fully saturated rings. The number of aliphatic imine (C=N–C) groups is 1. The summed E-state index contributed by atoms with van der Waals surface area (Å²) in [6.07, 6.45) is 7.09. The molecule has 3 nitrogen and oxygen atoms in total. The van der Waals surface area contributed by atoms with E-state index >= 15 is 0 Å². The Morgan fingerprint density at radius 2 is 2.22 bits per heavy atom. The number of nitrogens with zero attached hydrogens (tertiary/aromatic N) is 2. The summed E-state index contributed by atoms with van der Waals surface area (Å²) in [5, 5.41) is 0. The third kappa shape index (κ3) is 2.04. The first-order valence-corrected chi connectivity index (χ1v) is 7.10. The van der Waals surface area contributed by atoms with Gasteiger partial charge in [-0.05, 0) is 24.2 Å². The Labute approximate surface area is 111 Å². The standard InChI is InChI=1S/C15H27N3/c1-5-10-18-13(16)17-11-15(18)9-7-6-8-12(15)14(2,3)4/h5,12H,1,6-11H2,2-4H3,(H2,16,17). The van der Waals surface area contributed by atoms with E-state index in [9.17, 15) is 0 Å². The molecule has 1 aliphatic carbocycles. The van der Waals surface area contributed by atoms with Crippen LogP contribution in [0.1, 0.15) is 46.5 Å². The molecule has 0 bridgehead atoms. The van der Waals surface area contributed by atoms with Crippen LogP contribution in [0.5, 0.6) is 0 Å². The molecule has 1 heterocycles. The lowest BCUT2D eigenvalue weighted by atomic mass is 9.61. The molecule has 3 heteroatoms. The van der Waals surface area contributed by atoms with Gasteiger partial charge in [0.05, 0.1) is 12.1 Å². The molecule has 1 saturated carbocycles. The van der Waals surface area contributed by atoms with Gasteiger partial charge in [0.25, 0.3) is 0 Å². The maximum Gasteiger partial charge on any atom is 0.192 e. The minimum atomic E-state index is 0.148. The van der Waals surface area contributed by atoms with Gasteiger partial charge in [0.15, 0.2) is 5.96 Å². The predicted molar refractivity (Wildman–Crippen MR) is 77.5 cm³/mol. The molecule has 0 saturated heterocycles. The molecule has 0 aromatic carbocycles. The highest BCUT2D eigenvalue weighted by Crippen LogP contribution is 2.49. The summed E-state index contributed by atoms with van der Waals surface area (Å²) in [7, 11) is 0. The zero-order valence-electron chi connectivity index (χ0n) is 12.1. The van der Waals surface area contributed by atoms with Crippen molar-refractivity contribution in [1.82, 2.24) is 4.90 Å². The highest BCUT2D eigenvalue weighted by Gasteiger charge is 2.52. The van der Waals surface area contributed by atoms with Crippen molar-refractivity contribution in [2.75, 3.05) is 13.1 Å². The van der Waals surface area contributed by atoms with E-state index < -0.39 is 0 Å². The molecule has 2 aliphatic rings. The van der Waals surface area contributed by atoms with Gasteiger partial charge in [-0.1, -0.05) is 39.7 Å². The fourth-order valence-corrected chi connectivity index (χ4v) is 4.00. The highest BCUT2D eigenvalue weighted by molar-refractivity contribution is 5.81. The lowest BCUT2D eigenvalue weighted by molar-refractivity contribution is 0.0112. The summed E-state index contributed by atoms with van der Waals surface area (Å²) in [6, 6.07) is 0. The van der Waals surface area contributed by atoms with Crippen LogP contribution in [0.15, 0.2) is 17.6 Å². The number of nitrogens with two attached hydrogens (primary N) is 1. The second-order valence-electron chi connectivity index (χ2n) is 6.84. The molecule has 0 amide bonds. The minimum Gasteiger partial charge on any atom is -0.370 e. The molecule has 0 radical (unpaired) electrons. The predicted octanol–water partition coefficient (Wildman–Crippen LogP) is 2.78. The molecule has 18 heavy (non-hydrogen) atoms. The van der Waals surface area contributed by atoms with Crippen LogP contribution in [0.4, 0.5) is 0 Å². The Bertz CT molecular complexity index is 353. The van der Waals surface area contributed by atoms with Gasteiger partial charge in [0, 0.05) is 6.54 Å². The molecule has 2 rings (SSSR count). The summed E-state index contributed by atoms with van der Waals surface area (Å²) in [4.78, 5) is 6.86. The Balaban J connectivity index is 2.34. The Kier molecular flexibility index (Phi) is 3.43. The van der Waals surface area contributed by atoms with Crippen LogP contribution in [0, 0.1) is 11.3 Å². The van der Waals surface area contributed by atoms with Crippen molar-refractivity contribution in [3.8, 4) is 0 Å². The molecular formula is C15H27N3. The monoisotopic (exact) mass is 249 g/mol. The van der Waals surface area contributed by atoms with E-state index in [0.29, 0.717) is 17.3 Å². The minimum absolute atomic E-state index is 0.148. The lowest BCUT2D eigenvalue weighted by Crippen LogP contribution is -2.60. The van der Waals surface area contributed by atoms with Crippen LogP contribution in [0.3, 0.4) is 0 Å². The first-order chi connectivity index (χ1) is 8.42. The third-order valence-electron chi connectivity index (χ3n) is 4.69. The van der Waals surface area contributed by atoms with Crippen LogP contribution in [-0.2, 0) is 0 Å². The summed E-state index contributed by atoms with van der Waals surface area (Å²) >= 11 is 0. The van der Waals surface area contributed by atoms with Gasteiger partial charge >= 0.3 is 0 Å². The molecule has 1 aliphatic heterocycles. The smallest absolute Gasteiger partial charge is 0.192 e. The van der Waals surface area contributed by atoms with Crippen molar-refractivity contribution in [2.24, 2.45) is 22.1 Å². The third-order valence-corrected chi connectivity index (χ3v) is 4.69. The quantitative estimate of drug-likeness (QED) is 0.765. The average molecular weight is 249 g/mol. The van der Waals surface area contributed by atoms with E-state index in [1.165, 1.54) is 25.7 Å². The zero-order chi connectivity index (χ0) is 13.4. The van der Waals surface area contributed by atoms with E-state index in [1.807, 2.05) is 6.08 Å². The topological polar surface area (TPSA) is 41.6 Å². The Morgan fingerprint density at radius 1 is 1.50 bits per heavy atom. The summed E-state index contributed by atoms with van der Waals surface area (Å²) < 4.78 is 0. The van der Waals surface area contributed by atoms with Gasteiger partial charge < -0.3 is 10.6 Å². The molecule has 1 spiro atoms. The fourth-order valence-electron chi connectivity index (χ4n) is 4.00. The number of hydrogen-bond donors (Lipinski definition) is 1. The number of rotatable bonds is 2. The Hall–Kier alpha value is -0.990. The zero-order valence-corrected chi connectivity index (χ0v) is 12.1. The SMILES string of the molecule is C=CCN1C(N)=NCC12CCCCC2C(C)(C)C. The molecule has 2 unspecified atom stereocenters. The van der Waals surface area contributed by atoms with Gasteiger partial charge in [-0.3, -0.25) is 4.99 Å². The lowest BCUT2D eigenvalue weighted by Gasteiger charge is -2.52. The number of guanidine groups is 1. The molecule has 0 aromatic rings. The van der Waals surface area contributed by atoms with Crippen LogP contribution >= 0.6 is 0 Å². The molecule has 0 aromatic heterocycles. The Morgan fingerprint density at radius 3 is 2.83 bits per heavy atom. The first-order valence-electron chi connectivity index (χ1n) is 7.10. The van der Waals surface area contributed by atoms with Crippen molar-refractivity contribution < 1.29 is 0 Å². The van der Waals surface area contributed by atoms with Crippen molar-refractivity contribution in [3.63, 3.8) is 0 Å².